The van der Waals surface area contributed by atoms with E-state index >= 15 is 0 Å². The summed E-state index contributed by atoms with van der Waals surface area (Å²) in [5.41, 5.74) is 0.00851. The van der Waals surface area contributed by atoms with Crippen LogP contribution in [0.1, 0.15) is 59.3 Å². The van der Waals surface area contributed by atoms with Crippen LogP contribution in [0.4, 0.5) is 0 Å². The first-order valence-electron chi connectivity index (χ1n) is 9.47. The van der Waals surface area contributed by atoms with Crippen molar-refractivity contribution in [1.82, 2.24) is 4.90 Å². The number of hydrogen-bond acceptors (Lipinski definition) is 4. The molecular weight excluding hydrogens is 290 g/mol. The molecule has 0 bridgehead atoms. The average Bonchev–Trinajstić information content (AvgIpc) is 2.45. The van der Waals surface area contributed by atoms with Gasteiger partial charge in [-0.15, -0.1) is 0 Å². The molecule has 0 atom stereocenters. The normalized spacial score (nSPS) is 27.1. The quantitative estimate of drug-likeness (QED) is 0.607. The first kappa shape index (κ1) is 19.2. The number of hydrogen-bond donors (Lipinski definition) is 0. The molecule has 23 heavy (non-hydrogen) atoms. The maximum Gasteiger partial charge on any atom is 0.0602 e. The molecule has 0 aromatic rings. The van der Waals surface area contributed by atoms with Crippen LogP contribution in [0.25, 0.3) is 0 Å². The Labute approximate surface area is 142 Å². The molecule has 2 rings (SSSR count). The molecule has 0 aromatic heterocycles. The van der Waals surface area contributed by atoms with Gasteiger partial charge in [0.25, 0.3) is 0 Å². The van der Waals surface area contributed by atoms with Gasteiger partial charge in [-0.2, -0.15) is 0 Å². The minimum Gasteiger partial charge on any atom is -0.385 e. The molecule has 0 spiro atoms. The number of ether oxygens (including phenoxy) is 3. The highest BCUT2D eigenvalue weighted by molar-refractivity contribution is 4.85. The Morgan fingerprint density at radius 3 is 2.22 bits per heavy atom. The number of nitrogens with zero attached hydrogens (tertiary/aromatic N) is 1. The smallest absolute Gasteiger partial charge is 0.0602 e. The monoisotopic (exact) mass is 327 g/mol. The van der Waals surface area contributed by atoms with Crippen molar-refractivity contribution < 1.29 is 14.2 Å². The lowest BCUT2D eigenvalue weighted by Crippen LogP contribution is -2.45. The molecule has 2 aliphatic rings. The van der Waals surface area contributed by atoms with Crippen LogP contribution in [-0.2, 0) is 14.2 Å². The van der Waals surface area contributed by atoms with Crippen LogP contribution in [0, 0.1) is 5.92 Å². The minimum absolute atomic E-state index is 0.00851. The largest absolute Gasteiger partial charge is 0.385 e. The molecule has 4 nitrogen and oxygen atoms in total. The van der Waals surface area contributed by atoms with Crippen molar-refractivity contribution in [3.05, 3.63) is 0 Å². The molecule has 1 heterocycles. The number of piperidine rings is 1. The number of methoxy groups -OCH3 is 1. The zero-order valence-electron chi connectivity index (χ0n) is 15.7. The van der Waals surface area contributed by atoms with E-state index in [4.69, 9.17) is 14.2 Å². The summed E-state index contributed by atoms with van der Waals surface area (Å²) in [6, 6.07) is 0. The van der Waals surface area contributed by atoms with E-state index in [0.717, 1.165) is 32.0 Å². The second kappa shape index (κ2) is 9.36. The van der Waals surface area contributed by atoms with E-state index < -0.39 is 0 Å². The van der Waals surface area contributed by atoms with Gasteiger partial charge in [0.05, 0.1) is 17.8 Å². The number of rotatable bonds is 9. The highest BCUT2D eigenvalue weighted by Gasteiger charge is 2.34. The van der Waals surface area contributed by atoms with Crippen molar-refractivity contribution >= 4 is 0 Å². The number of unbranched alkanes of at least 4 members (excludes halogenated alkanes) is 1. The van der Waals surface area contributed by atoms with Gasteiger partial charge in [0.2, 0.25) is 0 Å². The molecule has 1 aliphatic heterocycles. The third kappa shape index (κ3) is 7.51. The van der Waals surface area contributed by atoms with Gasteiger partial charge in [0, 0.05) is 40.0 Å². The summed E-state index contributed by atoms with van der Waals surface area (Å²) in [5.74, 6) is 0.842. The van der Waals surface area contributed by atoms with Crippen LogP contribution < -0.4 is 0 Å². The summed E-state index contributed by atoms with van der Waals surface area (Å²) in [7, 11) is 1.76. The number of likely N-dealkylation sites (tertiary alicyclic amines) is 1. The van der Waals surface area contributed by atoms with Gasteiger partial charge in [-0.3, -0.25) is 0 Å². The van der Waals surface area contributed by atoms with Crippen LogP contribution in [-0.4, -0.2) is 62.7 Å². The second-order valence-corrected chi connectivity index (χ2v) is 8.26. The second-order valence-electron chi connectivity index (χ2n) is 8.26. The fourth-order valence-corrected chi connectivity index (χ4v) is 3.64. The lowest BCUT2D eigenvalue weighted by Gasteiger charge is -2.42. The Hall–Kier alpha value is -0.160. The van der Waals surface area contributed by atoms with Gasteiger partial charge in [-0.1, -0.05) is 0 Å². The third-order valence-corrected chi connectivity index (χ3v) is 4.86. The highest BCUT2D eigenvalue weighted by Crippen LogP contribution is 2.34. The van der Waals surface area contributed by atoms with Gasteiger partial charge in [-0.05, 0) is 65.2 Å². The molecule has 2 fully saturated rings. The van der Waals surface area contributed by atoms with Crippen LogP contribution >= 0.6 is 0 Å². The van der Waals surface area contributed by atoms with Crippen LogP contribution in [0.3, 0.4) is 0 Å². The van der Waals surface area contributed by atoms with Crippen molar-refractivity contribution in [2.75, 3.05) is 40.0 Å². The standard InChI is InChI=1S/C19H37NO3/c1-19(2,3)23-18-13-16(14-18)15-20-9-7-17(8-10-20)22-12-6-5-11-21-4/h16-18H,5-15H2,1-4H3. The average molecular weight is 328 g/mol. The van der Waals surface area contributed by atoms with Crippen molar-refractivity contribution in [2.45, 2.75) is 77.1 Å². The lowest BCUT2D eigenvalue weighted by molar-refractivity contribution is -0.116. The molecule has 0 N–H and O–H groups in total. The van der Waals surface area contributed by atoms with Crippen LogP contribution in [0.15, 0.2) is 0 Å². The molecule has 136 valence electrons. The van der Waals surface area contributed by atoms with E-state index in [-0.39, 0.29) is 5.60 Å². The third-order valence-electron chi connectivity index (χ3n) is 4.86. The molecule has 0 aromatic carbocycles. The maximum absolute atomic E-state index is 6.03. The molecule has 0 unspecified atom stereocenters. The zero-order valence-corrected chi connectivity index (χ0v) is 15.7. The summed E-state index contributed by atoms with van der Waals surface area (Å²) in [6.45, 7) is 11.9. The molecule has 1 saturated heterocycles. The molecule has 1 saturated carbocycles. The summed E-state index contributed by atoms with van der Waals surface area (Å²) in [5, 5.41) is 0. The first-order chi connectivity index (χ1) is 11.0. The fourth-order valence-electron chi connectivity index (χ4n) is 3.64. The van der Waals surface area contributed by atoms with Crippen molar-refractivity contribution in [3.8, 4) is 0 Å². The summed E-state index contributed by atoms with van der Waals surface area (Å²) in [6.07, 6.45) is 8.07. The zero-order chi connectivity index (χ0) is 16.7. The van der Waals surface area contributed by atoms with Gasteiger partial charge >= 0.3 is 0 Å². The predicted molar refractivity (Wildman–Crippen MR) is 93.9 cm³/mol. The molecule has 4 heteroatoms. The van der Waals surface area contributed by atoms with Gasteiger partial charge in [-0.25, -0.2) is 0 Å². The SMILES string of the molecule is COCCCCOC1CCN(CC2CC(OC(C)(C)C)C2)CC1. The topological polar surface area (TPSA) is 30.9 Å². The van der Waals surface area contributed by atoms with Gasteiger partial charge < -0.3 is 19.1 Å². The van der Waals surface area contributed by atoms with Crippen molar-refractivity contribution in [3.63, 3.8) is 0 Å². The van der Waals surface area contributed by atoms with Crippen molar-refractivity contribution in [1.29, 1.82) is 0 Å². The molecular formula is C19H37NO3. The minimum atomic E-state index is 0.00851. The molecule has 0 amide bonds. The van der Waals surface area contributed by atoms with E-state index in [2.05, 4.69) is 25.7 Å². The van der Waals surface area contributed by atoms with E-state index in [1.165, 1.54) is 45.3 Å². The Morgan fingerprint density at radius 1 is 0.957 bits per heavy atom. The Bertz CT molecular complexity index is 315. The highest BCUT2D eigenvalue weighted by atomic mass is 16.5. The van der Waals surface area contributed by atoms with E-state index in [1.54, 1.807) is 7.11 Å². The summed E-state index contributed by atoms with van der Waals surface area (Å²) >= 11 is 0. The Balaban J connectivity index is 1.49. The summed E-state index contributed by atoms with van der Waals surface area (Å²) in [4.78, 5) is 2.63. The molecule has 0 radical (unpaired) electrons. The maximum atomic E-state index is 6.03. The fraction of sp³-hybridized carbons (Fsp3) is 1.00. The van der Waals surface area contributed by atoms with Gasteiger partial charge in [0.1, 0.15) is 0 Å². The van der Waals surface area contributed by atoms with E-state index in [9.17, 15) is 0 Å². The van der Waals surface area contributed by atoms with E-state index in [0.29, 0.717) is 12.2 Å². The Kier molecular flexibility index (Phi) is 7.80. The van der Waals surface area contributed by atoms with Crippen LogP contribution in [0.5, 0.6) is 0 Å². The predicted octanol–water partition coefficient (Wildman–Crippen LogP) is 3.49. The van der Waals surface area contributed by atoms with Gasteiger partial charge in [0.15, 0.2) is 0 Å². The van der Waals surface area contributed by atoms with Crippen LogP contribution in [0.2, 0.25) is 0 Å². The Morgan fingerprint density at radius 2 is 1.61 bits per heavy atom. The van der Waals surface area contributed by atoms with E-state index in [1.807, 2.05) is 0 Å². The first-order valence-corrected chi connectivity index (χ1v) is 9.47. The summed E-state index contributed by atoms with van der Waals surface area (Å²) < 4.78 is 17.1. The lowest BCUT2D eigenvalue weighted by atomic mass is 9.81. The van der Waals surface area contributed by atoms with Crippen molar-refractivity contribution in [2.24, 2.45) is 5.92 Å². The molecule has 1 aliphatic carbocycles.